The maximum atomic E-state index is 5.34. The third-order valence-corrected chi connectivity index (χ3v) is 3.39. The van der Waals surface area contributed by atoms with Gasteiger partial charge in [0.15, 0.2) is 0 Å². The number of aryl methyl sites for hydroxylation is 2. The molecule has 1 aliphatic rings. The van der Waals surface area contributed by atoms with Crippen LogP contribution in [0.5, 0.6) is 5.88 Å². The van der Waals surface area contributed by atoms with Gasteiger partial charge in [0.25, 0.3) is 0 Å². The van der Waals surface area contributed by atoms with E-state index in [0.29, 0.717) is 0 Å². The lowest BCUT2D eigenvalue weighted by Gasteiger charge is -2.07. The summed E-state index contributed by atoms with van der Waals surface area (Å²) in [4.78, 5) is 4.42. The second kappa shape index (κ2) is 5.01. The molecule has 3 heteroatoms. The van der Waals surface area contributed by atoms with E-state index in [9.17, 15) is 0 Å². The number of hydrogen-bond acceptors (Lipinski definition) is 2. The molecule has 2 aromatic rings. The molecule has 3 nitrogen and oxygen atoms in total. The highest BCUT2D eigenvalue weighted by molar-refractivity contribution is 5.91. The summed E-state index contributed by atoms with van der Waals surface area (Å²) in [6.45, 7) is 6.16. The molecule has 0 radical (unpaired) electrons. The van der Waals surface area contributed by atoms with Crippen molar-refractivity contribution in [2.45, 2.75) is 39.5 Å². The van der Waals surface area contributed by atoms with E-state index >= 15 is 0 Å². The summed E-state index contributed by atoms with van der Waals surface area (Å²) in [5.41, 5.74) is 3.85. The van der Waals surface area contributed by atoms with Crippen molar-refractivity contribution < 1.29 is 4.74 Å². The molecule has 0 spiro atoms. The lowest BCUT2D eigenvalue weighted by Crippen LogP contribution is -1.95. The van der Waals surface area contributed by atoms with E-state index in [0.717, 1.165) is 17.3 Å². The van der Waals surface area contributed by atoms with Gasteiger partial charge in [-0.3, -0.25) is 0 Å². The highest BCUT2D eigenvalue weighted by Crippen LogP contribution is 2.45. The van der Waals surface area contributed by atoms with Gasteiger partial charge in [0, 0.05) is 24.8 Å². The Morgan fingerprint density at radius 2 is 2.00 bits per heavy atom. The first-order chi connectivity index (χ1) is 8.72. The number of methoxy groups -OCH3 is 1. The Morgan fingerprint density at radius 1 is 1.33 bits per heavy atom. The molecular formula is C15H22N2O. The van der Waals surface area contributed by atoms with Crippen LogP contribution in [0, 0.1) is 6.92 Å². The summed E-state index contributed by atoms with van der Waals surface area (Å²) >= 11 is 0. The predicted molar refractivity (Wildman–Crippen MR) is 75.3 cm³/mol. The Hall–Kier alpha value is -1.51. The lowest BCUT2D eigenvalue weighted by atomic mass is 10.1. The number of fused-ring (bicyclic) bond motifs is 1. The van der Waals surface area contributed by atoms with Gasteiger partial charge >= 0.3 is 0 Å². The molecule has 2 aromatic heterocycles. The van der Waals surface area contributed by atoms with Gasteiger partial charge in [-0.15, -0.1) is 0 Å². The molecule has 0 aliphatic heterocycles. The van der Waals surface area contributed by atoms with Crippen LogP contribution in [0.4, 0.5) is 0 Å². The molecule has 1 aliphatic carbocycles. The maximum Gasteiger partial charge on any atom is 0.238 e. The number of aromatic nitrogens is 2. The van der Waals surface area contributed by atoms with E-state index in [1.165, 1.54) is 29.4 Å². The SMILES string of the molecule is CC.COc1ncc(C2CC2)c2c(C)cn(C)c12. The summed E-state index contributed by atoms with van der Waals surface area (Å²) in [6.07, 6.45) is 6.75. The topological polar surface area (TPSA) is 27.1 Å². The first-order valence-electron chi connectivity index (χ1n) is 6.71. The van der Waals surface area contributed by atoms with Crippen LogP contribution >= 0.6 is 0 Å². The van der Waals surface area contributed by atoms with Gasteiger partial charge in [0.05, 0.1) is 7.11 Å². The van der Waals surface area contributed by atoms with Crippen molar-refractivity contribution in [3.8, 4) is 5.88 Å². The fourth-order valence-corrected chi connectivity index (χ4v) is 2.51. The molecule has 98 valence electrons. The van der Waals surface area contributed by atoms with Gasteiger partial charge in [-0.2, -0.15) is 0 Å². The van der Waals surface area contributed by atoms with E-state index in [1.807, 2.05) is 20.0 Å². The van der Waals surface area contributed by atoms with Gasteiger partial charge in [-0.1, -0.05) is 13.8 Å². The third-order valence-electron chi connectivity index (χ3n) is 3.39. The summed E-state index contributed by atoms with van der Waals surface area (Å²) in [6, 6.07) is 0. The highest BCUT2D eigenvalue weighted by Gasteiger charge is 2.28. The molecule has 0 saturated heterocycles. The average molecular weight is 246 g/mol. The molecule has 0 aromatic carbocycles. The zero-order valence-corrected chi connectivity index (χ0v) is 11.9. The van der Waals surface area contributed by atoms with Crippen molar-refractivity contribution in [1.29, 1.82) is 0 Å². The first kappa shape index (κ1) is 12.9. The Balaban J connectivity index is 0.000000574. The fourth-order valence-electron chi connectivity index (χ4n) is 2.51. The normalized spacial score (nSPS) is 14.3. The summed E-state index contributed by atoms with van der Waals surface area (Å²) in [5, 5.41) is 1.34. The Morgan fingerprint density at radius 3 is 2.56 bits per heavy atom. The van der Waals surface area contributed by atoms with Gasteiger partial charge in [0.1, 0.15) is 5.52 Å². The lowest BCUT2D eigenvalue weighted by molar-refractivity contribution is 0.401. The van der Waals surface area contributed by atoms with E-state index in [1.54, 1.807) is 7.11 Å². The van der Waals surface area contributed by atoms with Crippen LogP contribution in [0.25, 0.3) is 10.9 Å². The van der Waals surface area contributed by atoms with Crippen LogP contribution < -0.4 is 4.74 Å². The second-order valence-electron chi connectivity index (χ2n) is 4.64. The maximum absolute atomic E-state index is 5.34. The minimum absolute atomic E-state index is 0.724. The average Bonchev–Trinajstić information content (AvgIpc) is 3.19. The number of pyridine rings is 1. The molecule has 2 heterocycles. The van der Waals surface area contributed by atoms with Crippen molar-refractivity contribution in [3.63, 3.8) is 0 Å². The fraction of sp³-hybridized carbons (Fsp3) is 0.533. The van der Waals surface area contributed by atoms with Gasteiger partial charge in [0.2, 0.25) is 5.88 Å². The number of nitrogens with zero attached hydrogens (tertiary/aromatic N) is 2. The molecule has 1 saturated carbocycles. The van der Waals surface area contributed by atoms with E-state index in [-0.39, 0.29) is 0 Å². The van der Waals surface area contributed by atoms with Crippen molar-refractivity contribution in [2.75, 3.05) is 7.11 Å². The van der Waals surface area contributed by atoms with E-state index in [4.69, 9.17) is 4.74 Å². The largest absolute Gasteiger partial charge is 0.479 e. The molecule has 0 bridgehead atoms. The third kappa shape index (κ3) is 1.98. The first-order valence-corrected chi connectivity index (χ1v) is 6.71. The predicted octanol–water partition coefficient (Wildman–Crippen LogP) is 3.79. The van der Waals surface area contributed by atoms with Crippen molar-refractivity contribution >= 4 is 10.9 Å². The monoisotopic (exact) mass is 246 g/mol. The number of ether oxygens (including phenoxy) is 1. The Labute approximate surface area is 109 Å². The summed E-state index contributed by atoms with van der Waals surface area (Å²) in [5.74, 6) is 1.46. The van der Waals surface area contributed by atoms with Crippen LogP contribution in [0.1, 0.15) is 43.7 Å². The van der Waals surface area contributed by atoms with Gasteiger partial charge in [-0.25, -0.2) is 4.98 Å². The Kier molecular flexibility index (Phi) is 3.60. The molecule has 0 atom stereocenters. The quantitative estimate of drug-likeness (QED) is 0.806. The zero-order chi connectivity index (χ0) is 13.3. The molecule has 0 amide bonds. The van der Waals surface area contributed by atoms with E-state index in [2.05, 4.69) is 29.7 Å². The van der Waals surface area contributed by atoms with E-state index < -0.39 is 0 Å². The number of rotatable bonds is 2. The van der Waals surface area contributed by atoms with Crippen LogP contribution in [-0.2, 0) is 7.05 Å². The summed E-state index contributed by atoms with van der Waals surface area (Å²) in [7, 11) is 3.73. The minimum Gasteiger partial charge on any atom is -0.479 e. The molecule has 18 heavy (non-hydrogen) atoms. The van der Waals surface area contributed by atoms with Crippen molar-refractivity contribution in [3.05, 3.63) is 23.5 Å². The van der Waals surface area contributed by atoms with Gasteiger partial charge in [-0.05, 0) is 36.8 Å². The van der Waals surface area contributed by atoms with Crippen LogP contribution in [0.3, 0.4) is 0 Å². The van der Waals surface area contributed by atoms with Gasteiger partial charge < -0.3 is 9.30 Å². The zero-order valence-electron chi connectivity index (χ0n) is 11.9. The van der Waals surface area contributed by atoms with Crippen LogP contribution in [0.2, 0.25) is 0 Å². The van der Waals surface area contributed by atoms with Crippen molar-refractivity contribution in [2.24, 2.45) is 7.05 Å². The standard InChI is InChI=1S/C13H16N2O.C2H6/c1-8-7-15(2)12-11(8)10(9-4-5-9)6-14-13(12)16-3;1-2/h6-7,9H,4-5H2,1-3H3;1-2H3. The second-order valence-corrected chi connectivity index (χ2v) is 4.64. The molecule has 3 rings (SSSR count). The number of hydrogen-bond donors (Lipinski definition) is 0. The minimum atomic E-state index is 0.724. The Bertz CT molecular complexity index is 553. The molecular weight excluding hydrogens is 224 g/mol. The smallest absolute Gasteiger partial charge is 0.238 e. The summed E-state index contributed by atoms with van der Waals surface area (Å²) < 4.78 is 7.46. The molecule has 1 fully saturated rings. The van der Waals surface area contributed by atoms with Crippen LogP contribution in [0.15, 0.2) is 12.4 Å². The molecule has 0 unspecified atom stereocenters. The van der Waals surface area contributed by atoms with Crippen LogP contribution in [-0.4, -0.2) is 16.7 Å². The van der Waals surface area contributed by atoms with Crippen molar-refractivity contribution in [1.82, 2.24) is 9.55 Å². The molecule has 0 N–H and O–H groups in total. The highest BCUT2D eigenvalue weighted by atomic mass is 16.5.